The summed E-state index contributed by atoms with van der Waals surface area (Å²) in [5, 5.41) is 17.5. The Hall–Kier alpha value is -3.11. The van der Waals surface area contributed by atoms with Gasteiger partial charge in [0.1, 0.15) is 6.04 Å². The largest absolute Gasteiger partial charge is 0.390 e. The molecular weight excluding hydrogens is 536 g/mol. The number of rotatable bonds is 11. The number of halogens is 1. The Balaban J connectivity index is 0.00000420. The highest BCUT2D eigenvalue weighted by molar-refractivity contribution is 7.99. The van der Waals surface area contributed by atoms with E-state index in [4.69, 9.17) is 5.73 Å². The van der Waals surface area contributed by atoms with Crippen LogP contribution in [0.5, 0.6) is 0 Å². The molecule has 0 aromatic heterocycles. The molecule has 0 bridgehead atoms. The molecule has 3 aromatic rings. The summed E-state index contributed by atoms with van der Waals surface area (Å²) >= 11 is 1.67. The number of para-hydroxylation sites is 1. The van der Waals surface area contributed by atoms with Gasteiger partial charge in [0.2, 0.25) is 17.7 Å². The van der Waals surface area contributed by atoms with Crippen LogP contribution in [0.3, 0.4) is 0 Å². The zero-order chi connectivity index (χ0) is 26.9. The van der Waals surface area contributed by atoms with Crippen LogP contribution in [-0.4, -0.2) is 60.4 Å². The number of benzene rings is 3. The lowest BCUT2D eigenvalue weighted by atomic mass is 10.0. The van der Waals surface area contributed by atoms with Crippen molar-refractivity contribution in [1.82, 2.24) is 10.6 Å². The van der Waals surface area contributed by atoms with Gasteiger partial charge in [0.05, 0.1) is 11.8 Å². The lowest BCUT2D eigenvalue weighted by Crippen LogP contribution is -2.50. The van der Waals surface area contributed by atoms with Crippen LogP contribution in [0.25, 0.3) is 10.8 Å². The molecule has 0 saturated carbocycles. The van der Waals surface area contributed by atoms with Crippen LogP contribution >= 0.6 is 24.2 Å². The molecule has 1 heterocycles. The third kappa shape index (κ3) is 8.44. The lowest BCUT2D eigenvalue weighted by Gasteiger charge is -2.23. The van der Waals surface area contributed by atoms with Crippen LogP contribution in [0, 0.1) is 0 Å². The number of aliphatic hydroxyl groups excluding tert-OH is 1. The third-order valence-electron chi connectivity index (χ3n) is 6.51. The summed E-state index contributed by atoms with van der Waals surface area (Å²) < 4.78 is 0. The van der Waals surface area contributed by atoms with Crippen molar-refractivity contribution in [3.05, 3.63) is 72.3 Å². The molecule has 4 rings (SSSR count). The maximum atomic E-state index is 13.0. The maximum absolute atomic E-state index is 13.0. The van der Waals surface area contributed by atoms with Gasteiger partial charge >= 0.3 is 0 Å². The zero-order valence-electron chi connectivity index (χ0n) is 21.7. The predicted molar refractivity (Wildman–Crippen MR) is 158 cm³/mol. The second-order valence-corrected chi connectivity index (χ2v) is 10.5. The first-order valence-corrected chi connectivity index (χ1v) is 13.9. The Morgan fingerprint density at radius 2 is 1.79 bits per heavy atom. The Kier molecular flexibility index (Phi) is 11.6. The van der Waals surface area contributed by atoms with Crippen molar-refractivity contribution in [2.24, 2.45) is 5.73 Å². The first-order chi connectivity index (χ1) is 18.4. The number of nitrogens with two attached hydrogens (primary N) is 1. The number of carbonyl (C=O) groups excluding carboxylic acids is 3. The fourth-order valence-electron chi connectivity index (χ4n) is 4.46. The zero-order valence-corrected chi connectivity index (χ0v) is 23.3. The molecule has 0 fully saturated rings. The van der Waals surface area contributed by atoms with Gasteiger partial charge in [-0.2, -0.15) is 0 Å². The van der Waals surface area contributed by atoms with E-state index in [1.807, 2.05) is 66.7 Å². The number of nitrogens with zero attached hydrogens (tertiary/aromatic N) is 1. The molecule has 208 valence electrons. The van der Waals surface area contributed by atoms with E-state index in [0.29, 0.717) is 25.8 Å². The average Bonchev–Trinajstić information content (AvgIpc) is 3.09. The van der Waals surface area contributed by atoms with Gasteiger partial charge in [0.25, 0.3) is 0 Å². The van der Waals surface area contributed by atoms with E-state index >= 15 is 0 Å². The van der Waals surface area contributed by atoms with Crippen LogP contribution in [0.2, 0.25) is 0 Å². The third-order valence-corrected chi connectivity index (χ3v) is 7.57. The van der Waals surface area contributed by atoms with Crippen LogP contribution in [0.1, 0.15) is 24.8 Å². The minimum absolute atomic E-state index is 0. The minimum atomic E-state index is -0.858. The summed E-state index contributed by atoms with van der Waals surface area (Å²) in [5.74, 6) is 0.134. The van der Waals surface area contributed by atoms with Gasteiger partial charge in [-0.05, 0) is 34.9 Å². The summed E-state index contributed by atoms with van der Waals surface area (Å²) in [7, 11) is 0. The van der Waals surface area contributed by atoms with Crippen molar-refractivity contribution in [3.63, 3.8) is 0 Å². The van der Waals surface area contributed by atoms with Gasteiger partial charge in [-0.1, -0.05) is 54.6 Å². The normalized spacial score (nSPS) is 14.5. The van der Waals surface area contributed by atoms with Gasteiger partial charge in [-0.3, -0.25) is 14.4 Å². The molecule has 3 aromatic carbocycles. The minimum Gasteiger partial charge on any atom is -0.390 e. The molecule has 1 aliphatic rings. The van der Waals surface area contributed by atoms with Crippen molar-refractivity contribution in [2.75, 3.05) is 30.3 Å². The molecule has 10 heteroatoms. The molecule has 8 nitrogen and oxygen atoms in total. The first-order valence-electron chi connectivity index (χ1n) is 12.9. The molecular formula is C29H35ClN4O4S. The van der Waals surface area contributed by atoms with Crippen molar-refractivity contribution >= 4 is 58.4 Å². The van der Waals surface area contributed by atoms with E-state index in [-0.39, 0.29) is 49.6 Å². The maximum Gasteiger partial charge on any atom is 0.243 e. The second kappa shape index (κ2) is 14.9. The molecule has 5 N–H and O–H groups in total. The number of nitrogens with one attached hydrogen (secondary N) is 2. The highest BCUT2D eigenvalue weighted by Crippen LogP contribution is 2.34. The number of hydrogen-bond donors (Lipinski definition) is 4. The Morgan fingerprint density at radius 1 is 1.05 bits per heavy atom. The highest BCUT2D eigenvalue weighted by Gasteiger charge is 2.24. The van der Waals surface area contributed by atoms with Crippen LogP contribution in [-0.2, 0) is 20.8 Å². The number of anilines is 1. The molecule has 0 radical (unpaired) electrons. The quantitative estimate of drug-likeness (QED) is 0.281. The van der Waals surface area contributed by atoms with Crippen molar-refractivity contribution < 1.29 is 19.5 Å². The topological polar surface area (TPSA) is 125 Å². The number of thioether (sulfide) groups is 1. The predicted octanol–water partition coefficient (Wildman–Crippen LogP) is 3.03. The van der Waals surface area contributed by atoms with E-state index in [9.17, 15) is 19.5 Å². The summed E-state index contributed by atoms with van der Waals surface area (Å²) in [6, 6.07) is 20.9. The van der Waals surface area contributed by atoms with Crippen molar-refractivity contribution in [2.45, 2.75) is 42.7 Å². The molecule has 39 heavy (non-hydrogen) atoms. The van der Waals surface area contributed by atoms with E-state index in [0.717, 1.165) is 32.7 Å². The smallest absolute Gasteiger partial charge is 0.243 e. The Bertz CT molecular complexity index is 1290. The van der Waals surface area contributed by atoms with Gasteiger partial charge in [-0.25, -0.2) is 0 Å². The average molecular weight is 571 g/mol. The van der Waals surface area contributed by atoms with Gasteiger partial charge < -0.3 is 26.4 Å². The molecule has 0 saturated heterocycles. The lowest BCUT2D eigenvalue weighted by molar-refractivity contribution is -0.129. The fourth-order valence-corrected chi connectivity index (χ4v) is 5.46. The summed E-state index contributed by atoms with van der Waals surface area (Å²) in [4.78, 5) is 41.4. The van der Waals surface area contributed by atoms with Crippen LogP contribution < -0.4 is 21.3 Å². The SMILES string of the molecule is Cl.NCC(O)CNC(=O)[C@H](Cc1ccc2ccccc2c1)NC(=O)CCCN1C(=O)CCSc2ccccc21. The Morgan fingerprint density at radius 3 is 2.59 bits per heavy atom. The van der Waals surface area contributed by atoms with Gasteiger partial charge in [0.15, 0.2) is 0 Å². The summed E-state index contributed by atoms with van der Waals surface area (Å²) in [6.45, 7) is 0.459. The van der Waals surface area contributed by atoms with Crippen molar-refractivity contribution in [1.29, 1.82) is 0 Å². The summed E-state index contributed by atoms with van der Waals surface area (Å²) in [6.07, 6.45) is 0.534. The van der Waals surface area contributed by atoms with E-state index in [1.54, 1.807) is 16.7 Å². The first kappa shape index (κ1) is 30.4. The molecule has 0 aliphatic carbocycles. The molecule has 3 amide bonds. The Labute approximate surface area is 239 Å². The van der Waals surface area contributed by atoms with Gasteiger partial charge in [-0.15, -0.1) is 24.2 Å². The van der Waals surface area contributed by atoms with E-state index in [2.05, 4.69) is 10.6 Å². The number of aliphatic hydroxyl groups is 1. The second-order valence-electron chi connectivity index (χ2n) is 9.36. The molecule has 1 unspecified atom stereocenters. The number of hydrogen-bond acceptors (Lipinski definition) is 6. The van der Waals surface area contributed by atoms with Crippen LogP contribution in [0.15, 0.2) is 71.6 Å². The standard InChI is InChI=1S/C29H34N4O4S.ClH/c30-18-23(34)19-31-29(37)24(17-20-11-12-21-6-1-2-7-22(21)16-20)32-27(35)10-5-14-33-25-8-3-4-9-26(25)38-15-13-28(33)36;/h1-4,6-9,11-12,16,23-24,34H,5,10,13-15,17-19,30H2,(H,31,37)(H,32,35);1H/t23?,24-;/m0./s1. The summed E-state index contributed by atoms with van der Waals surface area (Å²) in [5.41, 5.74) is 7.25. The van der Waals surface area contributed by atoms with E-state index in [1.165, 1.54) is 0 Å². The number of fused-ring (bicyclic) bond motifs is 2. The fraction of sp³-hybridized carbons (Fsp3) is 0.345. The van der Waals surface area contributed by atoms with Crippen LogP contribution in [0.4, 0.5) is 5.69 Å². The highest BCUT2D eigenvalue weighted by atomic mass is 35.5. The van der Waals surface area contributed by atoms with Gasteiger partial charge in [0, 0.05) is 49.5 Å². The molecule has 0 spiro atoms. The monoisotopic (exact) mass is 570 g/mol. The van der Waals surface area contributed by atoms with Crippen molar-refractivity contribution in [3.8, 4) is 0 Å². The molecule has 1 aliphatic heterocycles. The number of amides is 3. The van der Waals surface area contributed by atoms with E-state index < -0.39 is 12.1 Å². The number of carbonyl (C=O) groups is 3. The molecule has 2 atom stereocenters.